The third kappa shape index (κ3) is 4.77. The molecule has 0 aliphatic heterocycles. The summed E-state index contributed by atoms with van der Waals surface area (Å²) in [5, 5.41) is 1.76. The fraction of sp³-hybridized carbons (Fsp3) is 0.250. The Kier molecular flexibility index (Phi) is 5.88. The Labute approximate surface area is 140 Å². The van der Waals surface area contributed by atoms with Crippen LogP contribution in [0, 0.1) is 0 Å². The number of nitrogens with zero attached hydrogens (tertiary/aromatic N) is 1. The first-order valence-electron chi connectivity index (χ1n) is 7.44. The number of rotatable bonds is 8. The molecule has 128 valence electrons. The van der Waals surface area contributed by atoms with Crippen molar-refractivity contribution >= 4 is 33.0 Å². The number of aldehydes is 1. The number of benzene rings is 2. The van der Waals surface area contributed by atoms with Gasteiger partial charge in [0.05, 0.1) is 10.9 Å². The average molecular weight is 348 g/mol. The van der Waals surface area contributed by atoms with Crippen LogP contribution < -0.4 is 16.2 Å². The summed E-state index contributed by atoms with van der Waals surface area (Å²) in [4.78, 5) is 15.1. The van der Waals surface area contributed by atoms with Crippen LogP contribution in [0.5, 0.6) is 0 Å². The Bertz CT molecular complexity index is 845. The molecular formula is C16H20N4O3S. The molecule has 0 aromatic heterocycles. The number of hydrogen-bond acceptors (Lipinski definition) is 4. The van der Waals surface area contributed by atoms with Gasteiger partial charge in [-0.05, 0) is 35.7 Å². The number of nitrogens with two attached hydrogens (primary N) is 2. The van der Waals surface area contributed by atoms with Crippen LogP contribution in [0.4, 0.5) is 0 Å². The van der Waals surface area contributed by atoms with Crippen LogP contribution in [0.1, 0.15) is 12.8 Å². The van der Waals surface area contributed by atoms with Gasteiger partial charge in [-0.1, -0.05) is 30.3 Å². The molecule has 0 saturated carbocycles. The summed E-state index contributed by atoms with van der Waals surface area (Å²) in [6.45, 7) is 0.338. The summed E-state index contributed by atoms with van der Waals surface area (Å²) in [7, 11) is -3.78. The summed E-state index contributed by atoms with van der Waals surface area (Å²) in [5.41, 5.74) is 10.4. The smallest absolute Gasteiger partial charge is 0.241 e. The number of guanidine groups is 1. The quantitative estimate of drug-likeness (QED) is 0.280. The minimum Gasteiger partial charge on any atom is -0.370 e. The van der Waals surface area contributed by atoms with Crippen LogP contribution in [0.25, 0.3) is 10.8 Å². The predicted octanol–water partition coefficient (Wildman–Crippen LogP) is 0.739. The van der Waals surface area contributed by atoms with Gasteiger partial charge in [0, 0.05) is 6.54 Å². The van der Waals surface area contributed by atoms with Gasteiger partial charge in [-0.15, -0.1) is 0 Å². The Hall–Kier alpha value is -2.45. The van der Waals surface area contributed by atoms with Gasteiger partial charge < -0.3 is 16.3 Å². The maximum atomic E-state index is 12.4. The Morgan fingerprint density at radius 1 is 1.17 bits per heavy atom. The van der Waals surface area contributed by atoms with Crippen molar-refractivity contribution in [3.05, 3.63) is 42.5 Å². The Morgan fingerprint density at radius 2 is 1.88 bits per heavy atom. The maximum Gasteiger partial charge on any atom is 0.241 e. The zero-order valence-corrected chi connectivity index (χ0v) is 13.9. The summed E-state index contributed by atoms with van der Waals surface area (Å²) >= 11 is 0. The summed E-state index contributed by atoms with van der Waals surface area (Å²) in [6.07, 6.45) is 1.38. The molecule has 2 aromatic rings. The Morgan fingerprint density at radius 3 is 2.54 bits per heavy atom. The standard InChI is InChI=1S/C16H20N4O3S/c17-16(18)19-9-3-6-14(11-21)20-24(22,23)15-8-7-12-4-1-2-5-13(12)10-15/h1-2,4-5,7-8,10-11,14,20H,3,6,9H2,(H4,17,18,19)/t14-/m0/s1. The normalized spacial score (nSPS) is 12.7. The number of aliphatic imine (C=N–C) groups is 1. The lowest BCUT2D eigenvalue weighted by Gasteiger charge is -2.13. The molecular weight excluding hydrogens is 328 g/mol. The monoisotopic (exact) mass is 348 g/mol. The van der Waals surface area contributed by atoms with E-state index in [9.17, 15) is 13.2 Å². The highest BCUT2D eigenvalue weighted by atomic mass is 32.2. The van der Waals surface area contributed by atoms with Crippen molar-refractivity contribution in [3.8, 4) is 0 Å². The van der Waals surface area contributed by atoms with Gasteiger partial charge in [0.2, 0.25) is 10.0 Å². The van der Waals surface area contributed by atoms with Gasteiger partial charge in [-0.3, -0.25) is 4.99 Å². The van der Waals surface area contributed by atoms with Crippen LogP contribution >= 0.6 is 0 Å². The maximum absolute atomic E-state index is 12.4. The molecule has 7 nitrogen and oxygen atoms in total. The van der Waals surface area contributed by atoms with E-state index in [1.807, 2.05) is 24.3 Å². The van der Waals surface area contributed by atoms with Gasteiger partial charge in [-0.2, -0.15) is 0 Å². The highest BCUT2D eigenvalue weighted by molar-refractivity contribution is 7.89. The minimum atomic E-state index is -3.78. The SMILES string of the molecule is NC(N)=NCCC[C@@H](C=O)NS(=O)(=O)c1ccc2ccccc2c1. The molecule has 2 rings (SSSR count). The van der Waals surface area contributed by atoms with E-state index in [-0.39, 0.29) is 10.9 Å². The molecule has 24 heavy (non-hydrogen) atoms. The van der Waals surface area contributed by atoms with Crippen LogP contribution in [0.3, 0.4) is 0 Å². The van der Waals surface area contributed by atoms with Crippen molar-refractivity contribution in [1.29, 1.82) is 0 Å². The molecule has 0 fully saturated rings. The third-order valence-electron chi connectivity index (χ3n) is 3.47. The molecule has 0 unspecified atom stereocenters. The fourth-order valence-corrected chi connectivity index (χ4v) is 3.51. The lowest BCUT2D eigenvalue weighted by Crippen LogP contribution is -2.36. The first-order valence-corrected chi connectivity index (χ1v) is 8.92. The van der Waals surface area contributed by atoms with E-state index in [0.29, 0.717) is 25.7 Å². The van der Waals surface area contributed by atoms with Crippen molar-refractivity contribution in [2.24, 2.45) is 16.5 Å². The van der Waals surface area contributed by atoms with Crippen LogP contribution in [-0.4, -0.2) is 33.3 Å². The Balaban J connectivity index is 2.09. The number of hydrogen-bond donors (Lipinski definition) is 3. The van der Waals surface area contributed by atoms with E-state index in [1.165, 1.54) is 6.07 Å². The molecule has 0 saturated heterocycles. The number of sulfonamides is 1. The highest BCUT2D eigenvalue weighted by Gasteiger charge is 2.19. The lowest BCUT2D eigenvalue weighted by atomic mass is 10.1. The summed E-state index contributed by atoms with van der Waals surface area (Å²) in [6, 6.07) is 11.5. The zero-order valence-electron chi connectivity index (χ0n) is 13.1. The van der Waals surface area contributed by atoms with Crippen molar-refractivity contribution in [2.45, 2.75) is 23.8 Å². The number of carbonyl (C=O) groups excluding carboxylic acids is 1. The molecule has 0 amide bonds. The van der Waals surface area contributed by atoms with Crippen LogP contribution in [0.2, 0.25) is 0 Å². The molecule has 0 radical (unpaired) electrons. The topological polar surface area (TPSA) is 128 Å². The summed E-state index contributed by atoms with van der Waals surface area (Å²) in [5.74, 6) is -0.0330. The molecule has 2 aromatic carbocycles. The van der Waals surface area contributed by atoms with Crippen molar-refractivity contribution in [2.75, 3.05) is 6.54 Å². The van der Waals surface area contributed by atoms with E-state index < -0.39 is 16.1 Å². The molecule has 0 aliphatic rings. The van der Waals surface area contributed by atoms with Crippen molar-refractivity contribution in [3.63, 3.8) is 0 Å². The van der Waals surface area contributed by atoms with Crippen LogP contribution in [-0.2, 0) is 14.8 Å². The number of fused-ring (bicyclic) bond motifs is 1. The first-order chi connectivity index (χ1) is 11.4. The van der Waals surface area contributed by atoms with Crippen LogP contribution in [0.15, 0.2) is 52.4 Å². The second-order valence-electron chi connectivity index (χ2n) is 5.32. The molecule has 0 bridgehead atoms. The zero-order chi connectivity index (χ0) is 17.6. The third-order valence-corrected chi connectivity index (χ3v) is 4.96. The average Bonchev–Trinajstić information content (AvgIpc) is 2.56. The van der Waals surface area contributed by atoms with Gasteiger partial charge >= 0.3 is 0 Å². The van der Waals surface area contributed by atoms with E-state index in [0.717, 1.165) is 10.8 Å². The first kappa shape index (κ1) is 17.9. The molecule has 0 spiro atoms. The second kappa shape index (κ2) is 7.89. The molecule has 0 aliphatic carbocycles. The number of carbonyl (C=O) groups is 1. The largest absolute Gasteiger partial charge is 0.370 e. The van der Waals surface area contributed by atoms with E-state index in [1.54, 1.807) is 12.1 Å². The molecule has 1 atom stereocenters. The fourth-order valence-electron chi connectivity index (χ4n) is 2.28. The van der Waals surface area contributed by atoms with Gasteiger partial charge in [0.1, 0.15) is 6.29 Å². The molecule has 8 heteroatoms. The lowest BCUT2D eigenvalue weighted by molar-refractivity contribution is -0.109. The molecule has 0 heterocycles. The van der Waals surface area contributed by atoms with E-state index >= 15 is 0 Å². The van der Waals surface area contributed by atoms with E-state index in [2.05, 4.69) is 9.71 Å². The van der Waals surface area contributed by atoms with E-state index in [4.69, 9.17) is 11.5 Å². The predicted molar refractivity (Wildman–Crippen MR) is 94.0 cm³/mol. The second-order valence-corrected chi connectivity index (χ2v) is 7.04. The molecule has 5 N–H and O–H groups in total. The van der Waals surface area contributed by atoms with Gasteiger partial charge in [0.15, 0.2) is 5.96 Å². The summed E-state index contributed by atoms with van der Waals surface area (Å²) < 4.78 is 27.3. The van der Waals surface area contributed by atoms with Crippen molar-refractivity contribution < 1.29 is 13.2 Å². The minimum absolute atomic E-state index is 0.0330. The van der Waals surface area contributed by atoms with Gasteiger partial charge in [-0.25, -0.2) is 13.1 Å². The number of nitrogens with one attached hydrogen (secondary N) is 1. The van der Waals surface area contributed by atoms with Gasteiger partial charge in [0.25, 0.3) is 0 Å². The highest BCUT2D eigenvalue weighted by Crippen LogP contribution is 2.19. The van der Waals surface area contributed by atoms with Crippen molar-refractivity contribution in [1.82, 2.24) is 4.72 Å².